The molecule has 1 saturated carbocycles. The van der Waals surface area contributed by atoms with Gasteiger partial charge in [-0.1, -0.05) is 22.9 Å². The minimum Gasteiger partial charge on any atom is -0.489 e. The first-order valence-electron chi connectivity index (χ1n) is 6.89. The fourth-order valence-corrected chi connectivity index (χ4v) is 3.72. The lowest BCUT2D eigenvalue weighted by Crippen LogP contribution is -2.36. The smallest absolute Gasteiger partial charge is 0.146 e. The molecule has 0 radical (unpaired) electrons. The van der Waals surface area contributed by atoms with Gasteiger partial charge in [-0.25, -0.2) is 0 Å². The van der Waals surface area contributed by atoms with Crippen LogP contribution >= 0.6 is 27.7 Å². The quantitative estimate of drug-likeness (QED) is 0.740. The van der Waals surface area contributed by atoms with Crippen LogP contribution in [-0.4, -0.2) is 31.9 Å². The van der Waals surface area contributed by atoms with E-state index in [0.29, 0.717) is 12.9 Å². The second-order valence-electron chi connectivity index (χ2n) is 5.82. The topological polar surface area (TPSA) is 27.7 Å². The third-order valence-corrected chi connectivity index (χ3v) is 5.33. The van der Waals surface area contributed by atoms with Crippen LogP contribution in [0.5, 0.6) is 5.75 Å². The summed E-state index contributed by atoms with van der Waals surface area (Å²) in [5, 5.41) is 0. The molecule has 0 amide bonds. The van der Waals surface area contributed by atoms with Crippen LogP contribution in [0.15, 0.2) is 27.6 Å². The van der Waals surface area contributed by atoms with Gasteiger partial charge in [-0.15, -0.1) is 11.8 Å². The van der Waals surface area contributed by atoms with Crippen LogP contribution in [0.2, 0.25) is 0 Å². The van der Waals surface area contributed by atoms with Crippen molar-refractivity contribution in [2.45, 2.75) is 30.8 Å². The Morgan fingerprint density at radius 2 is 2.10 bits per heavy atom. The van der Waals surface area contributed by atoms with Crippen molar-refractivity contribution in [1.29, 1.82) is 0 Å². The molecule has 5 heteroatoms. The highest BCUT2D eigenvalue weighted by molar-refractivity contribution is 9.10. The minimum atomic E-state index is 0.0715. The summed E-state index contributed by atoms with van der Waals surface area (Å²) in [6.45, 7) is 4.14. The largest absolute Gasteiger partial charge is 0.489 e. The molecule has 0 unspecified atom stereocenters. The molecule has 20 heavy (non-hydrogen) atoms. The van der Waals surface area contributed by atoms with E-state index in [9.17, 15) is 0 Å². The summed E-state index contributed by atoms with van der Waals surface area (Å²) in [4.78, 5) is 1.19. The maximum atomic E-state index is 5.98. The number of rotatable bonds is 5. The van der Waals surface area contributed by atoms with Crippen molar-refractivity contribution in [2.24, 2.45) is 5.41 Å². The predicted molar refractivity (Wildman–Crippen MR) is 83.4 cm³/mol. The van der Waals surface area contributed by atoms with E-state index in [4.69, 9.17) is 14.2 Å². The Hall–Kier alpha value is -0.230. The van der Waals surface area contributed by atoms with E-state index < -0.39 is 0 Å². The van der Waals surface area contributed by atoms with Gasteiger partial charge in [-0.2, -0.15) is 0 Å². The standard InChI is InChI=1S/C15H19BrO3S/c1-15(7-17-10-18-8-15)9-20-14-6-11(16)2-5-13(14)19-12-3-4-12/h2,5-6,12H,3-4,7-10H2,1H3. The summed E-state index contributed by atoms with van der Waals surface area (Å²) in [5.41, 5.74) is 0.0715. The van der Waals surface area contributed by atoms with E-state index in [-0.39, 0.29) is 5.41 Å². The molecule has 3 nitrogen and oxygen atoms in total. The van der Waals surface area contributed by atoms with E-state index in [1.807, 2.05) is 17.8 Å². The Balaban J connectivity index is 1.67. The van der Waals surface area contributed by atoms with Gasteiger partial charge in [0.1, 0.15) is 12.5 Å². The van der Waals surface area contributed by atoms with Crippen LogP contribution in [0.3, 0.4) is 0 Å². The first-order valence-corrected chi connectivity index (χ1v) is 8.67. The lowest BCUT2D eigenvalue weighted by molar-refractivity contribution is -0.151. The Morgan fingerprint density at radius 1 is 1.35 bits per heavy atom. The molecule has 0 aromatic heterocycles. The van der Waals surface area contributed by atoms with Crippen molar-refractivity contribution >= 4 is 27.7 Å². The molecule has 1 aliphatic heterocycles. The average Bonchev–Trinajstić information content (AvgIpc) is 3.24. The molecule has 1 aliphatic carbocycles. The fraction of sp³-hybridized carbons (Fsp3) is 0.600. The summed E-state index contributed by atoms with van der Waals surface area (Å²) in [6, 6.07) is 6.23. The molecule has 2 fully saturated rings. The first kappa shape index (κ1) is 14.7. The van der Waals surface area contributed by atoms with E-state index in [1.54, 1.807) is 0 Å². The number of ether oxygens (including phenoxy) is 3. The molecule has 1 saturated heterocycles. The summed E-state index contributed by atoms with van der Waals surface area (Å²) in [6.07, 6.45) is 2.78. The third-order valence-electron chi connectivity index (χ3n) is 3.37. The van der Waals surface area contributed by atoms with Crippen LogP contribution in [-0.2, 0) is 9.47 Å². The molecule has 110 valence electrons. The SMILES string of the molecule is CC1(CSc2cc(Br)ccc2OC2CC2)COCOC1. The van der Waals surface area contributed by atoms with Crippen molar-refractivity contribution < 1.29 is 14.2 Å². The Kier molecular flexibility index (Phi) is 4.60. The third kappa shape index (κ3) is 3.91. The molecular formula is C15H19BrO3S. The van der Waals surface area contributed by atoms with Crippen LogP contribution in [0, 0.1) is 5.41 Å². The highest BCUT2D eigenvalue weighted by Gasteiger charge is 2.30. The average molecular weight is 359 g/mol. The van der Waals surface area contributed by atoms with Crippen molar-refractivity contribution in [3.05, 3.63) is 22.7 Å². The van der Waals surface area contributed by atoms with Gasteiger partial charge in [-0.3, -0.25) is 0 Å². The number of halogens is 1. The normalized spacial score (nSPS) is 21.7. The van der Waals surface area contributed by atoms with Crippen LogP contribution in [0.1, 0.15) is 19.8 Å². The minimum absolute atomic E-state index is 0.0715. The Bertz CT molecular complexity index is 470. The molecule has 3 rings (SSSR count). The van der Waals surface area contributed by atoms with Crippen LogP contribution in [0.25, 0.3) is 0 Å². The zero-order valence-corrected chi connectivity index (χ0v) is 14.0. The van der Waals surface area contributed by atoms with Gasteiger partial charge in [-0.05, 0) is 31.0 Å². The van der Waals surface area contributed by atoms with E-state index in [0.717, 1.165) is 29.2 Å². The zero-order chi connectivity index (χ0) is 14.0. The first-order chi connectivity index (χ1) is 9.65. The molecular weight excluding hydrogens is 340 g/mol. The second kappa shape index (κ2) is 6.26. The Labute approximate surface area is 132 Å². The molecule has 2 aliphatic rings. The molecule has 0 bridgehead atoms. The molecule has 1 heterocycles. The highest BCUT2D eigenvalue weighted by atomic mass is 79.9. The molecule has 0 N–H and O–H groups in total. The number of thioether (sulfide) groups is 1. The van der Waals surface area contributed by atoms with Crippen molar-refractivity contribution in [3.63, 3.8) is 0 Å². The number of benzene rings is 1. The van der Waals surface area contributed by atoms with Crippen LogP contribution < -0.4 is 4.74 Å². The van der Waals surface area contributed by atoms with Crippen molar-refractivity contribution in [2.75, 3.05) is 25.8 Å². The molecule has 1 aromatic carbocycles. The number of hydrogen-bond acceptors (Lipinski definition) is 4. The van der Waals surface area contributed by atoms with Crippen LogP contribution in [0.4, 0.5) is 0 Å². The van der Waals surface area contributed by atoms with E-state index in [2.05, 4.69) is 35.0 Å². The monoisotopic (exact) mass is 358 g/mol. The van der Waals surface area contributed by atoms with E-state index in [1.165, 1.54) is 17.7 Å². The maximum Gasteiger partial charge on any atom is 0.146 e. The highest BCUT2D eigenvalue weighted by Crippen LogP contribution is 2.39. The van der Waals surface area contributed by atoms with Gasteiger partial charge in [0.05, 0.1) is 24.2 Å². The predicted octanol–water partition coefficient (Wildman–Crippen LogP) is 4.09. The van der Waals surface area contributed by atoms with Gasteiger partial charge < -0.3 is 14.2 Å². The maximum absolute atomic E-state index is 5.98. The lowest BCUT2D eigenvalue weighted by Gasteiger charge is -2.32. The number of hydrogen-bond donors (Lipinski definition) is 0. The lowest BCUT2D eigenvalue weighted by atomic mass is 9.95. The van der Waals surface area contributed by atoms with Crippen molar-refractivity contribution in [1.82, 2.24) is 0 Å². The van der Waals surface area contributed by atoms with Gasteiger partial charge in [0, 0.05) is 15.6 Å². The Morgan fingerprint density at radius 3 is 2.80 bits per heavy atom. The van der Waals surface area contributed by atoms with Gasteiger partial charge >= 0.3 is 0 Å². The summed E-state index contributed by atoms with van der Waals surface area (Å²) in [5.74, 6) is 1.96. The summed E-state index contributed by atoms with van der Waals surface area (Å²) >= 11 is 5.36. The molecule has 1 aromatic rings. The summed E-state index contributed by atoms with van der Waals surface area (Å²) < 4.78 is 17.9. The van der Waals surface area contributed by atoms with Crippen molar-refractivity contribution in [3.8, 4) is 5.75 Å². The second-order valence-corrected chi connectivity index (χ2v) is 7.76. The summed E-state index contributed by atoms with van der Waals surface area (Å²) in [7, 11) is 0. The fourth-order valence-electron chi connectivity index (χ4n) is 2.07. The van der Waals surface area contributed by atoms with E-state index >= 15 is 0 Å². The molecule has 0 spiro atoms. The zero-order valence-electron chi connectivity index (χ0n) is 11.6. The molecule has 0 atom stereocenters. The van der Waals surface area contributed by atoms with Gasteiger partial charge in [0.15, 0.2) is 0 Å². The van der Waals surface area contributed by atoms with Gasteiger partial charge in [0.2, 0.25) is 0 Å². The van der Waals surface area contributed by atoms with Gasteiger partial charge in [0.25, 0.3) is 0 Å².